The number of sulfone groups is 1. The summed E-state index contributed by atoms with van der Waals surface area (Å²) >= 11 is 1.27. The van der Waals surface area contributed by atoms with E-state index in [1.807, 2.05) is 0 Å². The number of amides is 3. The highest BCUT2D eigenvalue weighted by molar-refractivity contribution is 7.91. The lowest BCUT2D eigenvalue weighted by Crippen LogP contribution is -2.27. The molecule has 1 aliphatic heterocycles. The van der Waals surface area contributed by atoms with Gasteiger partial charge in [-0.15, -0.1) is 11.3 Å². The van der Waals surface area contributed by atoms with Gasteiger partial charge < -0.3 is 9.64 Å². The molecule has 1 aromatic heterocycles. The van der Waals surface area contributed by atoms with E-state index < -0.39 is 28.9 Å². The monoisotopic (exact) mass is 445 g/mol. The van der Waals surface area contributed by atoms with Crippen LogP contribution in [-0.2, 0) is 27.6 Å². The third-order valence-electron chi connectivity index (χ3n) is 3.96. The molecule has 1 aromatic carbocycles. The van der Waals surface area contributed by atoms with Crippen LogP contribution in [0, 0.1) is 0 Å². The van der Waals surface area contributed by atoms with Crippen LogP contribution in [0.15, 0.2) is 34.5 Å². The van der Waals surface area contributed by atoms with Crippen LogP contribution in [0.25, 0.3) is 0 Å². The first kappa shape index (κ1) is 21.1. The van der Waals surface area contributed by atoms with Gasteiger partial charge in [0.2, 0.25) is 5.91 Å². The van der Waals surface area contributed by atoms with E-state index >= 15 is 0 Å². The summed E-state index contributed by atoms with van der Waals surface area (Å²) in [6.45, 7) is -0.684. The quantitative estimate of drug-likeness (QED) is 0.591. The molecule has 29 heavy (non-hydrogen) atoms. The fourth-order valence-electron chi connectivity index (χ4n) is 2.58. The van der Waals surface area contributed by atoms with Gasteiger partial charge in [-0.2, -0.15) is 0 Å². The molecule has 0 bridgehead atoms. The second-order valence-corrected chi connectivity index (χ2v) is 9.24. The molecule has 0 spiro atoms. The number of urea groups is 1. The molecule has 2 aromatic rings. The standard InChI is InChI=1S/C17H17F2N3O5S2/c18-14(19)9-27-12-2-1-3-13(6-12)29(25,26)5-4-11-10-28-16(20-11)8-22-7-15(23)21-17(22)24/h1-3,6,10,14H,4-5,7-9H2,(H,21,23,24). The molecular weight excluding hydrogens is 428 g/mol. The normalized spacial score (nSPS) is 14.5. The van der Waals surface area contributed by atoms with Gasteiger partial charge in [-0.3, -0.25) is 10.1 Å². The molecule has 2 heterocycles. The largest absolute Gasteiger partial charge is 0.488 e. The maximum Gasteiger partial charge on any atom is 0.324 e. The number of nitrogens with one attached hydrogen (secondary N) is 1. The summed E-state index contributed by atoms with van der Waals surface area (Å²) in [4.78, 5) is 28.4. The zero-order chi connectivity index (χ0) is 21.0. The molecule has 0 saturated carbocycles. The van der Waals surface area contributed by atoms with Crippen molar-refractivity contribution in [3.8, 4) is 5.75 Å². The fourth-order valence-corrected chi connectivity index (χ4v) is 4.72. The lowest BCUT2D eigenvalue weighted by atomic mass is 10.3. The minimum Gasteiger partial charge on any atom is -0.488 e. The number of rotatable bonds is 9. The Balaban J connectivity index is 1.59. The van der Waals surface area contributed by atoms with E-state index in [-0.39, 0.29) is 41.8 Å². The number of alkyl halides is 2. The Bertz CT molecular complexity index is 1010. The van der Waals surface area contributed by atoms with E-state index in [9.17, 15) is 26.8 Å². The Morgan fingerprint density at radius 2 is 2.10 bits per heavy atom. The molecule has 1 N–H and O–H groups in total. The molecule has 0 unspecified atom stereocenters. The molecule has 3 amide bonds. The Labute approximate surface area is 169 Å². The number of aromatic nitrogens is 1. The number of ether oxygens (including phenoxy) is 1. The van der Waals surface area contributed by atoms with Gasteiger partial charge in [0.05, 0.1) is 22.9 Å². The highest BCUT2D eigenvalue weighted by Gasteiger charge is 2.27. The van der Waals surface area contributed by atoms with Crippen molar-refractivity contribution in [1.82, 2.24) is 15.2 Å². The van der Waals surface area contributed by atoms with Crippen molar-refractivity contribution in [3.63, 3.8) is 0 Å². The summed E-state index contributed by atoms with van der Waals surface area (Å²) in [5, 5.41) is 4.46. The summed E-state index contributed by atoms with van der Waals surface area (Å²) < 4.78 is 54.4. The van der Waals surface area contributed by atoms with Crippen LogP contribution in [0.5, 0.6) is 5.75 Å². The summed E-state index contributed by atoms with van der Waals surface area (Å²) in [5.41, 5.74) is 0.546. The highest BCUT2D eigenvalue weighted by atomic mass is 32.2. The zero-order valence-electron chi connectivity index (χ0n) is 15.0. The lowest BCUT2D eigenvalue weighted by molar-refractivity contribution is -0.118. The van der Waals surface area contributed by atoms with Crippen molar-refractivity contribution < 1.29 is 31.5 Å². The number of aryl methyl sites for hydroxylation is 1. The maximum absolute atomic E-state index is 12.5. The molecule has 0 radical (unpaired) electrons. The van der Waals surface area contributed by atoms with Crippen molar-refractivity contribution in [2.45, 2.75) is 24.3 Å². The van der Waals surface area contributed by atoms with Crippen LogP contribution in [0.3, 0.4) is 0 Å². The molecule has 0 atom stereocenters. The third kappa shape index (κ3) is 5.70. The van der Waals surface area contributed by atoms with Gasteiger partial charge >= 0.3 is 6.03 Å². The average molecular weight is 445 g/mol. The van der Waals surface area contributed by atoms with Crippen LogP contribution in [0.1, 0.15) is 10.7 Å². The fraction of sp³-hybridized carbons (Fsp3) is 0.353. The Kier molecular flexibility index (Phi) is 6.42. The number of hydrogen-bond donors (Lipinski definition) is 1. The molecule has 8 nitrogen and oxygen atoms in total. The predicted octanol–water partition coefficient (Wildman–Crippen LogP) is 1.86. The van der Waals surface area contributed by atoms with Gasteiger partial charge in [-0.1, -0.05) is 6.07 Å². The molecule has 1 aliphatic rings. The second-order valence-electron chi connectivity index (χ2n) is 6.19. The number of benzene rings is 1. The number of thiazole rings is 1. The van der Waals surface area contributed by atoms with Crippen LogP contribution >= 0.6 is 11.3 Å². The van der Waals surface area contributed by atoms with E-state index in [1.165, 1.54) is 40.5 Å². The topological polar surface area (TPSA) is 106 Å². The Morgan fingerprint density at radius 1 is 1.31 bits per heavy atom. The van der Waals surface area contributed by atoms with E-state index in [0.29, 0.717) is 10.7 Å². The van der Waals surface area contributed by atoms with Crippen LogP contribution < -0.4 is 10.1 Å². The van der Waals surface area contributed by atoms with Crippen molar-refractivity contribution in [1.29, 1.82) is 0 Å². The molecule has 0 aliphatic carbocycles. The van der Waals surface area contributed by atoms with Crippen molar-refractivity contribution >= 4 is 33.1 Å². The van der Waals surface area contributed by atoms with E-state index in [4.69, 9.17) is 4.74 Å². The van der Waals surface area contributed by atoms with Crippen LogP contribution in [-0.4, -0.2) is 55.6 Å². The smallest absolute Gasteiger partial charge is 0.324 e. The van der Waals surface area contributed by atoms with Gasteiger partial charge in [0, 0.05) is 11.8 Å². The second kappa shape index (κ2) is 8.82. The number of carbonyl (C=O) groups is 2. The van der Waals surface area contributed by atoms with Crippen LogP contribution in [0.2, 0.25) is 0 Å². The predicted molar refractivity (Wildman–Crippen MR) is 99.8 cm³/mol. The Morgan fingerprint density at radius 3 is 2.79 bits per heavy atom. The molecule has 156 valence electrons. The number of imide groups is 1. The SMILES string of the molecule is O=C1CN(Cc2nc(CCS(=O)(=O)c3cccc(OCC(F)F)c3)cs2)C(=O)N1. The number of hydrogen-bond acceptors (Lipinski definition) is 7. The van der Waals surface area contributed by atoms with Gasteiger partial charge in [0.25, 0.3) is 6.43 Å². The first-order valence-corrected chi connectivity index (χ1v) is 11.0. The van der Waals surface area contributed by atoms with Gasteiger partial charge in [0.15, 0.2) is 9.84 Å². The first-order chi connectivity index (χ1) is 13.7. The number of carbonyl (C=O) groups excluding carboxylic acids is 2. The van der Waals surface area contributed by atoms with Gasteiger partial charge in [-0.05, 0) is 18.2 Å². The van der Waals surface area contributed by atoms with Gasteiger partial charge in [0.1, 0.15) is 23.9 Å². The number of nitrogens with zero attached hydrogens (tertiary/aromatic N) is 2. The lowest BCUT2D eigenvalue weighted by Gasteiger charge is -2.10. The minimum absolute atomic E-state index is 0.0213. The van der Waals surface area contributed by atoms with E-state index in [0.717, 1.165) is 0 Å². The van der Waals surface area contributed by atoms with E-state index in [1.54, 1.807) is 5.38 Å². The van der Waals surface area contributed by atoms with Crippen molar-refractivity contribution in [2.75, 3.05) is 18.9 Å². The summed E-state index contributed by atoms with van der Waals surface area (Å²) in [6, 6.07) is 4.95. The minimum atomic E-state index is -3.67. The van der Waals surface area contributed by atoms with Crippen LogP contribution in [0.4, 0.5) is 13.6 Å². The van der Waals surface area contributed by atoms with E-state index in [2.05, 4.69) is 10.3 Å². The number of halogens is 2. The summed E-state index contributed by atoms with van der Waals surface area (Å²) in [7, 11) is -3.67. The molecule has 1 fully saturated rings. The van der Waals surface area contributed by atoms with Gasteiger partial charge in [-0.25, -0.2) is 27.0 Å². The first-order valence-electron chi connectivity index (χ1n) is 8.49. The highest BCUT2D eigenvalue weighted by Crippen LogP contribution is 2.21. The Hall–Kier alpha value is -2.60. The summed E-state index contributed by atoms with van der Waals surface area (Å²) in [5.74, 6) is -0.546. The zero-order valence-corrected chi connectivity index (χ0v) is 16.6. The maximum atomic E-state index is 12.5. The van der Waals surface area contributed by atoms with Crippen molar-refractivity contribution in [2.24, 2.45) is 0 Å². The molecule has 12 heteroatoms. The van der Waals surface area contributed by atoms with Crippen molar-refractivity contribution in [3.05, 3.63) is 40.3 Å². The molecule has 1 saturated heterocycles. The average Bonchev–Trinajstić information content (AvgIpc) is 3.24. The molecular formula is C17H17F2N3O5S2. The third-order valence-corrected chi connectivity index (χ3v) is 6.56. The summed E-state index contributed by atoms with van der Waals surface area (Å²) in [6.07, 6.45) is -2.51. The molecule has 3 rings (SSSR count).